The second kappa shape index (κ2) is 9.38. The first kappa shape index (κ1) is 21.1. The van der Waals surface area contributed by atoms with Crippen LogP contribution < -0.4 is 20.2 Å². The normalized spacial score (nSPS) is 12.1. The monoisotopic (exact) mass is 451 g/mol. The van der Waals surface area contributed by atoms with E-state index in [-0.39, 0.29) is 19.2 Å². The number of nitrogens with zero attached hydrogens (tertiary/aromatic N) is 3. The van der Waals surface area contributed by atoms with Crippen LogP contribution in [0.4, 0.5) is 5.69 Å². The quantitative estimate of drug-likeness (QED) is 0.328. The molecule has 0 atom stereocenters. The Morgan fingerprint density at radius 1 is 1.09 bits per heavy atom. The van der Waals surface area contributed by atoms with Gasteiger partial charge in [0.15, 0.2) is 11.5 Å². The number of nitrogens with one attached hydrogen (secondary N) is 2. The summed E-state index contributed by atoms with van der Waals surface area (Å²) in [6, 6.07) is 23.2. The van der Waals surface area contributed by atoms with E-state index < -0.39 is 0 Å². The predicted molar refractivity (Wildman–Crippen MR) is 129 cm³/mol. The number of anilines is 1. The van der Waals surface area contributed by atoms with Gasteiger partial charge in [0, 0.05) is 41.0 Å². The van der Waals surface area contributed by atoms with Gasteiger partial charge in [0.05, 0.1) is 24.4 Å². The molecule has 8 nitrogen and oxygen atoms in total. The molecule has 1 aliphatic rings. The molecule has 0 bridgehead atoms. The fourth-order valence-corrected chi connectivity index (χ4v) is 3.86. The third kappa shape index (κ3) is 4.40. The molecule has 0 radical (unpaired) electrons. The highest BCUT2D eigenvalue weighted by atomic mass is 16.7. The molecule has 0 spiro atoms. The number of fused-ring (bicyclic) bond motifs is 2. The van der Waals surface area contributed by atoms with Crippen LogP contribution in [-0.4, -0.2) is 30.0 Å². The van der Waals surface area contributed by atoms with Crippen LogP contribution in [0.5, 0.6) is 11.5 Å². The minimum absolute atomic E-state index is 0.0592. The first-order valence-electron chi connectivity index (χ1n) is 10.7. The number of carbonyl (C=O) groups is 1. The molecule has 1 amide bonds. The Labute approximate surface area is 196 Å². The number of hydrogen-bond acceptors (Lipinski definition) is 6. The van der Waals surface area contributed by atoms with Crippen molar-refractivity contribution in [2.75, 3.05) is 18.7 Å². The highest BCUT2D eigenvalue weighted by molar-refractivity contribution is 5.99. The smallest absolute Gasteiger partial charge is 0.259 e. The Morgan fingerprint density at radius 2 is 1.91 bits per heavy atom. The van der Waals surface area contributed by atoms with Gasteiger partial charge >= 0.3 is 0 Å². The summed E-state index contributed by atoms with van der Waals surface area (Å²) in [5.74, 6) is 1.06. The van der Waals surface area contributed by atoms with Crippen molar-refractivity contribution in [2.24, 2.45) is 5.10 Å². The third-order valence-electron chi connectivity index (χ3n) is 5.52. The van der Waals surface area contributed by atoms with Crippen molar-refractivity contribution in [1.29, 1.82) is 5.26 Å². The molecule has 0 unspecified atom stereocenters. The highest BCUT2D eigenvalue weighted by Crippen LogP contribution is 2.34. The van der Waals surface area contributed by atoms with Gasteiger partial charge in [-0.3, -0.25) is 4.79 Å². The van der Waals surface area contributed by atoms with E-state index in [2.05, 4.69) is 26.5 Å². The lowest BCUT2D eigenvalue weighted by atomic mass is 10.1. The maximum absolute atomic E-state index is 12.2. The largest absolute Gasteiger partial charge is 0.454 e. The summed E-state index contributed by atoms with van der Waals surface area (Å²) in [5.41, 5.74) is 6.79. The molecular weight excluding hydrogens is 430 g/mol. The molecule has 0 fully saturated rings. The van der Waals surface area contributed by atoms with Gasteiger partial charge in [-0.2, -0.15) is 10.4 Å². The lowest BCUT2D eigenvalue weighted by Crippen LogP contribution is -2.25. The zero-order valence-corrected chi connectivity index (χ0v) is 18.2. The van der Waals surface area contributed by atoms with Crippen molar-refractivity contribution >= 4 is 28.7 Å². The van der Waals surface area contributed by atoms with Crippen molar-refractivity contribution in [3.63, 3.8) is 0 Å². The van der Waals surface area contributed by atoms with Crippen molar-refractivity contribution < 1.29 is 14.3 Å². The number of amides is 1. The molecule has 1 aliphatic heterocycles. The van der Waals surface area contributed by atoms with Crippen LogP contribution in [0.15, 0.2) is 78.0 Å². The molecule has 3 aromatic carbocycles. The number of nitriles is 1. The standard InChI is InChI=1S/C26H21N5O3/c27-12-18-5-1-2-6-19(18)15-31-16-20(22-7-3-4-8-23(22)31)13-29-30-26(32)14-28-21-9-10-24-25(11-21)34-17-33-24/h1-11,13,16,28H,14-15,17H2,(H,30,32)/b29-13+. The molecule has 168 valence electrons. The number of ether oxygens (including phenoxy) is 2. The van der Waals surface area contributed by atoms with E-state index >= 15 is 0 Å². The number of rotatable bonds is 7. The first-order chi connectivity index (χ1) is 16.7. The average Bonchev–Trinajstić information content (AvgIpc) is 3.48. The van der Waals surface area contributed by atoms with Crippen molar-refractivity contribution in [1.82, 2.24) is 9.99 Å². The highest BCUT2D eigenvalue weighted by Gasteiger charge is 2.13. The first-order valence-corrected chi connectivity index (χ1v) is 10.7. The summed E-state index contributed by atoms with van der Waals surface area (Å²) in [5, 5.41) is 17.6. The van der Waals surface area contributed by atoms with E-state index in [0.29, 0.717) is 23.6 Å². The molecule has 4 aromatic rings. The number of para-hydroxylation sites is 1. The number of hydrazone groups is 1. The summed E-state index contributed by atoms with van der Waals surface area (Å²) in [7, 11) is 0. The molecule has 0 aliphatic carbocycles. The fourth-order valence-electron chi connectivity index (χ4n) is 3.86. The molecular formula is C26H21N5O3. The minimum atomic E-state index is -0.277. The van der Waals surface area contributed by atoms with Crippen molar-refractivity contribution in [2.45, 2.75) is 6.54 Å². The molecule has 8 heteroatoms. The van der Waals surface area contributed by atoms with Crippen molar-refractivity contribution in [3.05, 3.63) is 89.6 Å². The number of benzene rings is 3. The summed E-state index contributed by atoms with van der Waals surface area (Å²) in [6.45, 7) is 0.822. The van der Waals surface area contributed by atoms with Gasteiger partial charge in [0.1, 0.15) is 0 Å². The van der Waals surface area contributed by atoms with Crippen LogP contribution in [0, 0.1) is 11.3 Å². The summed E-state index contributed by atoms with van der Waals surface area (Å²) in [4.78, 5) is 12.2. The average molecular weight is 451 g/mol. The Morgan fingerprint density at radius 3 is 2.82 bits per heavy atom. The third-order valence-corrected chi connectivity index (χ3v) is 5.52. The molecule has 2 heterocycles. The second-order valence-corrected chi connectivity index (χ2v) is 7.71. The Kier molecular flexibility index (Phi) is 5.82. The van der Waals surface area contributed by atoms with E-state index in [9.17, 15) is 10.1 Å². The maximum Gasteiger partial charge on any atom is 0.259 e. The zero-order valence-electron chi connectivity index (χ0n) is 18.2. The molecule has 0 saturated heterocycles. The summed E-state index contributed by atoms with van der Waals surface area (Å²) < 4.78 is 12.7. The van der Waals surface area contributed by atoms with E-state index in [4.69, 9.17) is 9.47 Å². The lowest BCUT2D eigenvalue weighted by Gasteiger charge is -2.07. The van der Waals surface area contributed by atoms with Gasteiger partial charge in [-0.15, -0.1) is 0 Å². The number of carbonyl (C=O) groups excluding carboxylic acids is 1. The SMILES string of the molecule is N#Cc1ccccc1Cn1cc(/C=N/NC(=O)CNc2ccc3c(c2)OCO3)c2ccccc21. The topological polar surface area (TPSA) is 101 Å². The van der Waals surface area contributed by atoms with Gasteiger partial charge in [-0.1, -0.05) is 36.4 Å². The van der Waals surface area contributed by atoms with Gasteiger partial charge in [-0.05, 0) is 29.8 Å². The van der Waals surface area contributed by atoms with Crippen molar-refractivity contribution in [3.8, 4) is 17.6 Å². The molecule has 34 heavy (non-hydrogen) atoms. The Hall–Kier alpha value is -4.77. The molecule has 0 saturated carbocycles. The van der Waals surface area contributed by atoms with Crippen LogP contribution in [0.3, 0.4) is 0 Å². The molecule has 5 rings (SSSR count). The molecule has 2 N–H and O–H groups in total. The lowest BCUT2D eigenvalue weighted by molar-refractivity contribution is -0.119. The van der Waals surface area contributed by atoms with Gasteiger partial charge in [0.2, 0.25) is 6.79 Å². The van der Waals surface area contributed by atoms with E-state index in [0.717, 1.165) is 27.7 Å². The van der Waals surface area contributed by atoms with E-state index in [1.54, 1.807) is 18.3 Å². The predicted octanol–water partition coefficient (Wildman–Crippen LogP) is 3.85. The molecule has 1 aromatic heterocycles. The number of hydrogen-bond donors (Lipinski definition) is 2. The minimum Gasteiger partial charge on any atom is -0.454 e. The van der Waals surface area contributed by atoms with E-state index in [1.165, 1.54) is 0 Å². The van der Waals surface area contributed by atoms with Crippen LogP contribution >= 0.6 is 0 Å². The zero-order chi connectivity index (χ0) is 23.3. The van der Waals surface area contributed by atoms with Gasteiger partial charge in [-0.25, -0.2) is 5.43 Å². The maximum atomic E-state index is 12.2. The van der Waals surface area contributed by atoms with Gasteiger partial charge < -0.3 is 19.4 Å². The van der Waals surface area contributed by atoms with Crippen LogP contribution in [0.1, 0.15) is 16.7 Å². The van der Waals surface area contributed by atoms with Crippen LogP contribution in [0.25, 0.3) is 10.9 Å². The van der Waals surface area contributed by atoms with E-state index in [1.807, 2.05) is 60.8 Å². The van der Waals surface area contributed by atoms with Crippen LogP contribution in [-0.2, 0) is 11.3 Å². The summed E-state index contributed by atoms with van der Waals surface area (Å²) >= 11 is 0. The summed E-state index contributed by atoms with van der Waals surface area (Å²) in [6.07, 6.45) is 3.60. The fraction of sp³-hybridized carbons (Fsp3) is 0.115. The Balaban J connectivity index is 1.26. The van der Waals surface area contributed by atoms with Crippen LogP contribution in [0.2, 0.25) is 0 Å². The second-order valence-electron chi connectivity index (χ2n) is 7.71. The Bertz CT molecular complexity index is 1430. The number of aromatic nitrogens is 1. The van der Waals surface area contributed by atoms with Gasteiger partial charge in [0.25, 0.3) is 5.91 Å².